The zero-order valence-corrected chi connectivity index (χ0v) is 13.8. The second-order valence-corrected chi connectivity index (χ2v) is 6.34. The highest BCUT2D eigenvalue weighted by molar-refractivity contribution is 6.58. The molecule has 5 heteroatoms. The van der Waals surface area contributed by atoms with Crippen LogP contribution in [-0.4, -0.2) is 28.7 Å². The zero-order valence-electron chi connectivity index (χ0n) is 13.8. The molecular weight excluding hydrogens is 327 g/mol. The monoisotopic (exact) mass is 342 g/mol. The Bertz CT molecular complexity index is 1080. The molecule has 2 N–H and O–H groups in total. The van der Waals surface area contributed by atoms with Crippen LogP contribution in [0.5, 0.6) is 0 Å². The summed E-state index contributed by atoms with van der Waals surface area (Å²) in [5.74, 6) is -0.151. The van der Waals surface area contributed by atoms with E-state index in [9.17, 15) is 19.6 Å². The van der Waals surface area contributed by atoms with Crippen LogP contribution in [0.15, 0.2) is 60.7 Å². The largest absolute Gasteiger partial charge is 0.488 e. The van der Waals surface area contributed by atoms with E-state index in [2.05, 4.69) is 0 Å². The first-order valence-corrected chi connectivity index (χ1v) is 8.31. The maximum absolute atomic E-state index is 12.7. The van der Waals surface area contributed by atoms with Crippen LogP contribution < -0.4 is 5.46 Å². The van der Waals surface area contributed by atoms with Crippen molar-refractivity contribution in [1.29, 1.82) is 0 Å². The Balaban J connectivity index is 1.75. The lowest BCUT2D eigenvalue weighted by atomic mass is 9.79. The number of rotatable bonds is 4. The lowest BCUT2D eigenvalue weighted by molar-refractivity contribution is 0.0992. The number of allylic oxidation sites excluding steroid dienone is 1. The Morgan fingerprint density at radius 1 is 0.962 bits per heavy atom. The lowest BCUT2D eigenvalue weighted by Crippen LogP contribution is -2.30. The number of carbonyl (C=O) groups is 2. The summed E-state index contributed by atoms with van der Waals surface area (Å²) in [6, 6.07) is 15.7. The summed E-state index contributed by atoms with van der Waals surface area (Å²) in [4.78, 5) is 24.8. The van der Waals surface area contributed by atoms with Gasteiger partial charge in [-0.25, -0.2) is 0 Å². The van der Waals surface area contributed by atoms with E-state index in [0.717, 1.165) is 21.9 Å². The van der Waals surface area contributed by atoms with Crippen molar-refractivity contribution in [3.8, 4) is 0 Å². The Labute approximate surface area is 150 Å². The van der Waals surface area contributed by atoms with Gasteiger partial charge in [-0.3, -0.25) is 9.59 Å². The standard InChI is InChI=1S/C21H15BO4/c23-19-10-9-13-7-8-14(17-5-2-6-18(19)21(13)17)12-20(24)15-3-1-4-16(11-15)22(25)26/h1-11,25-26H,12H2. The van der Waals surface area contributed by atoms with Crippen molar-refractivity contribution in [2.45, 2.75) is 6.42 Å². The van der Waals surface area contributed by atoms with Gasteiger partial charge in [0.2, 0.25) is 0 Å². The minimum atomic E-state index is -1.61. The smallest absolute Gasteiger partial charge is 0.423 e. The molecule has 4 rings (SSSR count). The van der Waals surface area contributed by atoms with Crippen molar-refractivity contribution in [3.05, 3.63) is 82.9 Å². The molecule has 0 unspecified atom stereocenters. The second-order valence-electron chi connectivity index (χ2n) is 6.34. The summed E-state index contributed by atoms with van der Waals surface area (Å²) in [6.07, 6.45) is 3.53. The SMILES string of the molecule is O=C(Cc1ccc2c3c(cccc13)C(=O)C=C2)c1cccc(B(O)O)c1. The van der Waals surface area contributed by atoms with Gasteiger partial charge in [0.05, 0.1) is 0 Å². The molecule has 3 aromatic rings. The van der Waals surface area contributed by atoms with Crippen LogP contribution in [0, 0.1) is 0 Å². The molecule has 26 heavy (non-hydrogen) atoms. The quantitative estimate of drug-likeness (QED) is 0.563. The van der Waals surface area contributed by atoms with E-state index in [1.807, 2.05) is 24.3 Å². The van der Waals surface area contributed by atoms with Gasteiger partial charge in [-0.05, 0) is 28.1 Å². The van der Waals surface area contributed by atoms with Crippen molar-refractivity contribution in [3.63, 3.8) is 0 Å². The molecule has 0 fully saturated rings. The number of hydrogen-bond acceptors (Lipinski definition) is 4. The first kappa shape index (κ1) is 16.5. The maximum Gasteiger partial charge on any atom is 0.488 e. The van der Waals surface area contributed by atoms with Gasteiger partial charge in [-0.1, -0.05) is 60.7 Å². The molecule has 0 saturated carbocycles. The van der Waals surface area contributed by atoms with Crippen LogP contribution in [-0.2, 0) is 6.42 Å². The summed E-state index contributed by atoms with van der Waals surface area (Å²) in [5, 5.41) is 20.3. The highest BCUT2D eigenvalue weighted by Gasteiger charge is 2.18. The highest BCUT2D eigenvalue weighted by atomic mass is 16.4. The van der Waals surface area contributed by atoms with Gasteiger partial charge in [0.25, 0.3) is 0 Å². The molecule has 3 aromatic carbocycles. The van der Waals surface area contributed by atoms with Gasteiger partial charge in [-0.2, -0.15) is 0 Å². The maximum atomic E-state index is 12.7. The van der Waals surface area contributed by atoms with Crippen molar-refractivity contribution in [1.82, 2.24) is 0 Å². The molecule has 4 nitrogen and oxygen atoms in total. The van der Waals surface area contributed by atoms with Crippen LogP contribution >= 0.6 is 0 Å². The highest BCUT2D eigenvalue weighted by Crippen LogP contribution is 2.31. The van der Waals surface area contributed by atoms with E-state index < -0.39 is 7.12 Å². The first-order chi connectivity index (χ1) is 12.5. The Morgan fingerprint density at radius 3 is 2.58 bits per heavy atom. The fourth-order valence-corrected chi connectivity index (χ4v) is 3.40. The molecular formula is C21H15BO4. The van der Waals surface area contributed by atoms with E-state index in [0.29, 0.717) is 11.1 Å². The Morgan fingerprint density at radius 2 is 1.77 bits per heavy atom. The van der Waals surface area contributed by atoms with E-state index in [1.165, 1.54) is 6.07 Å². The van der Waals surface area contributed by atoms with Crippen LogP contribution in [0.2, 0.25) is 0 Å². The molecule has 0 saturated heterocycles. The van der Waals surface area contributed by atoms with E-state index in [1.54, 1.807) is 36.4 Å². The normalized spacial score (nSPS) is 12.5. The summed E-state index contributed by atoms with van der Waals surface area (Å²) in [6.45, 7) is 0. The molecule has 1 aliphatic carbocycles. The average molecular weight is 342 g/mol. The molecule has 0 amide bonds. The third-order valence-corrected chi connectivity index (χ3v) is 4.70. The summed E-state index contributed by atoms with van der Waals surface area (Å²) < 4.78 is 0. The second kappa shape index (κ2) is 6.37. The molecule has 0 atom stereocenters. The summed E-state index contributed by atoms with van der Waals surface area (Å²) in [5.41, 5.74) is 3.17. The number of Topliss-reactive ketones (excluding diaryl/α,β-unsaturated/α-hetero) is 1. The molecule has 1 aliphatic rings. The van der Waals surface area contributed by atoms with Crippen LogP contribution in [0.3, 0.4) is 0 Å². The van der Waals surface area contributed by atoms with Crippen LogP contribution in [0.4, 0.5) is 0 Å². The van der Waals surface area contributed by atoms with Crippen molar-refractivity contribution in [2.75, 3.05) is 0 Å². The van der Waals surface area contributed by atoms with Gasteiger partial charge < -0.3 is 10.0 Å². The van der Waals surface area contributed by atoms with Gasteiger partial charge >= 0.3 is 7.12 Å². The third-order valence-electron chi connectivity index (χ3n) is 4.70. The molecule has 126 valence electrons. The summed E-state index contributed by atoms with van der Waals surface area (Å²) >= 11 is 0. The van der Waals surface area contributed by atoms with Crippen molar-refractivity contribution in [2.24, 2.45) is 0 Å². The number of ketones is 2. The molecule has 0 radical (unpaired) electrons. The van der Waals surface area contributed by atoms with Crippen LogP contribution in [0.25, 0.3) is 16.8 Å². The van der Waals surface area contributed by atoms with Crippen molar-refractivity contribution < 1.29 is 19.6 Å². The average Bonchev–Trinajstić information content (AvgIpc) is 2.66. The van der Waals surface area contributed by atoms with E-state index >= 15 is 0 Å². The van der Waals surface area contributed by atoms with E-state index in [4.69, 9.17) is 0 Å². The third kappa shape index (κ3) is 2.77. The first-order valence-electron chi connectivity index (χ1n) is 8.31. The Kier molecular flexibility index (Phi) is 4.03. The number of benzene rings is 3. The van der Waals surface area contributed by atoms with Gasteiger partial charge in [0.15, 0.2) is 11.6 Å². The molecule has 0 aromatic heterocycles. The molecule has 0 aliphatic heterocycles. The fraction of sp³-hybridized carbons (Fsp3) is 0.0476. The topological polar surface area (TPSA) is 74.6 Å². The lowest BCUT2D eigenvalue weighted by Gasteiger charge is -2.15. The van der Waals surface area contributed by atoms with Gasteiger partial charge in [0.1, 0.15) is 0 Å². The number of hydrogen-bond donors (Lipinski definition) is 2. The fourth-order valence-electron chi connectivity index (χ4n) is 3.40. The van der Waals surface area contributed by atoms with Gasteiger partial charge in [0, 0.05) is 22.9 Å². The van der Waals surface area contributed by atoms with Gasteiger partial charge in [-0.15, -0.1) is 0 Å². The predicted molar refractivity (Wildman–Crippen MR) is 102 cm³/mol. The minimum absolute atomic E-state index is 0.0313. The molecule has 0 bridgehead atoms. The molecule has 0 heterocycles. The Hall–Kier alpha value is -3.02. The van der Waals surface area contributed by atoms with Crippen LogP contribution in [0.1, 0.15) is 31.8 Å². The van der Waals surface area contributed by atoms with E-state index in [-0.39, 0.29) is 23.5 Å². The molecule has 0 spiro atoms. The predicted octanol–water partition coefficient (Wildman–Crippen LogP) is 2.15. The minimum Gasteiger partial charge on any atom is -0.423 e. The summed E-state index contributed by atoms with van der Waals surface area (Å²) in [7, 11) is -1.61. The zero-order chi connectivity index (χ0) is 18.3. The number of carbonyl (C=O) groups excluding carboxylic acids is 2. The van der Waals surface area contributed by atoms with Crippen molar-refractivity contribution >= 4 is 41.0 Å².